The first-order chi connectivity index (χ1) is 5.43. The van der Waals surface area contributed by atoms with Crippen LogP contribution in [-0.2, 0) is 4.74 Å². The van der Waals surface area contributed by atoms with Crippen molar-refractivity contribution in [3.05, 3.63) is 42.2 Å². The van der Waals surface area contributed by atoms with Gasteiger partial charge in [-0.15, -0.1) is 0 Å². The smallest absolute Gasteiger partial charge is 0.0845 e. The molecule has 1 rings (SSSR count). The van der Waals surface area contributed by atoms with Gasteiger partial charge in [0, 0.05) is 0 Å². The van der Waals surface area contributed by atoms with Gasteiger partial charge in [0.25, 0.3) is 0 Å². The topological polar surface area (TPSA) is 9.23 Å². The first kappa shape index (κ1) is 7.86. The van der Waals surface area contributed by atoms with E-state index in [4.69, 9.17) is 4.74 Å². The van der Waals surface area contributed by atoms with E-state index in [1.165, 1.54) is 5.56 Å². The molecule has 0 unspecified atom stereocenters. The Morgan fingerprint density at radius 3 is 2.64 bits per heavy atom. The van der Waals surface area contributed by atoms with Gasteiger partial charge < -0.3 is 4.74 Å². The van der Waals surface area contributed by atoms with Crippen molar-refractivity contribution in [2.24, 2.45) is 0 Å². The number of hydrogen-bond donors (Lipinski definition) is 0. The minimum absolute atomic E-state index is 0.726. The number of ether oxygens (including phenoxy) is 1. The summed E-state index contributed by atoms with van der Waals surface area (Å²) in [6, 6.07) is 10.1. The van der Waals surface area contributed by atoms with Crippen LogP contribution in [0.5, 0.6) is 0 Å². The first-order valence-corrected chi connectivity index (χ1v) is 3.76. The minimum atomic E-state index is 0.726. The zero-order valence-corrected chi connectivity index (χ0v) is 6.66. The first-order valence-electron chi connectivity index (χ1n) is 3.76. The lowest BCUT2D eigenvalue weighted by Crippen LogP contribution is -1.76. The molecular formula is C10H12O. The molecule has 0 fully saturated rings. The molecule has 1 nitrogen and oxygen atoms in total. The van der Waals surface area contributed by atoms with Crippen LogP contribution in [-0.4, -0.2) is 6.61 Å². The van der Waals surface area contributed by atoms with E-state index in [0.717, 1.165) is 6.61 Å². The molecule has 0 aliphatic rings. The van der Waals surface area contributed by atoms with Crippen molar-refractivity contribution < 1.29 is 4.74 Å². The third-order valence-electron chi connectivity index (χ3n) is 1.32. The normalized spacial score (nSPS) is 10.3. The Morgan fingerprint density at radius 1 is 1.27 bits per heavy atom. The number of rotatable bonds is 3. The van der Waals surface area contributed by atoms with Gasteiger partial charge in [0.05, 0.1) is 12.9 Å². The Bertz CT molecular complexity index is 214. The fourth-order valence-corrected chi connectivity index (χ4v) is 0.787. The lowest BCUT2D eigenvalue weighted by Gasteiger charge is -1.92. The van der Waals surface area contributed by atoms with Crippen molar-refractivity contribution in [3.63, 3.8) is 0 Å². The average molecular weight is 148 g/mol. The second-order valence-electron chi connectivity index (χ2n) is 2.17. The highest BCUT2D eigenvalue weighted by molar-refractivity contribution is 5.47. The highest BCUT2D eigenvalue weighted by Gasteiger charge is 1.80. The van der Waals surface area contributed by atoms with Gasteiger partial charge in [-0.2, -0.15) is 0 Å². The van der Waals surface area contributed by atoms with Gasteiger partial charge >= 0.3 is 0 Å². The molecule has 58 valence electrons. The molecule has 0 spiro atoms. The van der Waals surface area contributed by atoms with Crippen molar-refractivity contribution >= 4 is 6.08 Å². The van der Waals surface area contributed by atoms with Crippen LogP contribution in [0.1, 0.15) is 12.5 Å². The molecule has 0 aliphatic carbocycles. The van der Waals surface area contributed by atoms with Gasteiger partial charge in [-0.05, 0) is 18.6 Å². The van der Waals surface area contributed by atoms with Crippen molar-refractivity contribution in [2.75, 3.05) is 6.61 Å². The molecular weight excluding hydrogens is 136 g/mol. The van der Waals surface area contributed by atoms with Crippen molar-refractivity contribution in [2.45, 2.75) is 6.92 Å². The summed E-state index contributed by atoms with van der Waals surface area (Å²) in [5.41, 5.74) is 1.17. The summed E-state index contributed by atoms with van der Waals surface area (Å²) in [7, 11) is 0. The number of benzene rings is 1. The molecule has 0 radical (unpaired) electrons. The van der Waals surface area contributed by atoms with E-state index < -0.39 is 0 Å². The maximum Gasteiger partial charge on any atom is 0.0845 e. The molecule has 0 heterocycles. The predicted octanol–water partition coefficient (Wildman–Crippen LogP) is 2.69. The molecule has 0 bridgehead atoms. The van der Waals surface area contributed by atoms with E-state index in [1.54, 1.807) is 6.26 Å². The zero-order chi connectivity index (χ0) is 7.94. The van der Waals surface area contributed by atoms with Gasteiger partial charge in [0.2, 0.25) is 0 Å². The molecule has 11 heavy (non-hydrogen) atoms. The summed E-state index contributed by atoms with van der Waals surface area (Å²) < 4.78 is 5.06. The van der Waals surface area contributed by atoms with Crippen molar-refractivity contribution in [3.8, 4) is 0 Å². The van der Waals surface area contributed by atoms with Crippen LogP contribution in [0.25, 0.3) is 6.08 Å². The molecule has 0 saturated carbocycles. The molecule has 1 heteroatoms. The lowest BCUT2D eigenvalue weighted by atomic mass is 10.2. The summed E-state index contributed by atoms with van der Waals surface area (Å²) in [6.45, 7) is 2.69. The van der Waals surface area contributed by atoms with Crippen molar-refractivity contribution in [1.82, 2.24) is 0 Å². The quantitative estimate of drug-likeness (QED) is 0.599. The maximum absolute atomic E-state index is 5.06. The Hall–Kier alpha value is -1.24. The molecule has 0 aromatic heterocycles. The summed E-state index contributed by atoms with van der Waals surface area (Å²) in [4.78, 5) is 0. The van der Waals surface area contributed by atoms with Gasteiger partial charge in [0.1, 0.15) is 0 Å². The van der Waals surface area contributed by atoms with Crippen LogP contribution in [0, 0.1) is 0 Å². The molecule has 0 amide bonds. The summed E-state index contributed by atoms with van der Waals surface area (Å²) >= 11 is 0. The Labute approximate surface area is 67.3 Å². The van der Waals surface area contributed by atoms with E-state index in [2.05, 4.69) is 0 Å². The second kappa shape index (κ2) is 4.56. The van der Waals surface area contributed by atoms with E-state index in [1.807, 2.05) is 43.3 Å². The van der Waals surface area contributed by atoms with Crippen LogP contribution >= 0.6 is 0 Å². The zero-order valence-electron chi connectivity index (χ0n) is 6.66. The second-order valence-corrected chi connectivity index (χ2v) is 2.17. The summed E-state index contributed by atoms with van der Waals surface area (Å²) in [6.07, 6.45) is 3.67. The highest BCUT2D eigenvalue weighted by Crippen LogP contribution is 2.00. The fraction of sp³-hybridized carbons (Fsp3) is 0.200. The third kappa shape index (κ3) is 2.89. The standard InChI is InChI=1S/C10H12O/c1-2-11-9-8-10-6-4-3-5-7-10/h3-9H,2H2,1H3/b9-8-. The van der Waals surface area contributed by atoms with Crippen LogP contribution < -0.4 is 0 Å². The molecule has 0 atom stereocenters. The van der Waals surface area contributed by atoms with Gasteiger partial charge in [0.15, 0.2) is 0 Å². The molecule has 1 aromatic carbocycles. The molecule has 0 N–H and O–H groups in total. The van der Waals surface area contributed by atoms with Crippen LogP contribution in [0.3, 0.4) is 0 Å². The van der Waals surface area contributed by atoms with E-state index >= 15 is 0 Å². The van der Waals surface area contributed by atoms with Gasteiger partial charge in [-0.1, -0.05) is 30.3 Å². The van der Waals surface area contributed by atoms with E-state index in [0.29, 0.717) is 0 Å². The van der Waals surface area contributed by atoms with Crippen molar-refractivity contribution in [1.29, 1.82) is 0 Å². The average Bonchev–Trinajstić information content (AvgIpc) is 2.07. The maximum atomic E-state index is 5.06. The largest absolute Gasteiger partial charge is 0.501 e. The third-order valence-corrected chi connectivity index (χ3v) is 1.32. The van der Waals surface area contributed by atoms with Crippen LogP contribution in [0.15, 0.2) is 36.6 Å². The van der Waals surface area contributed by atoms with Crippen LogP contribution in [0.4, 0.5) is 0 Å². The lowest BCUT2D eigenvalue weighted by molar-refractivity contribution is 0.272. The van der Waals surface area contributed by atoms with E-state index in [-0.39, 0.29) is 0 Å². The highest BCUT2D eigenvalue weighted by atomic mass is 16.5. The van der Waals surface area contributed by atoms with Gasteiger partial charge in [-0.25, -0.2) is 0 Å². The van der Waals surface area contributed by atoms with Crippen LogP contribution in [0.2, 0.25) is 0 Å². The van der Waals surface area contributed by atoms with Gasteiger partial charge in [-0.3, -0.25) is 0 Å². The van der Waals surface area contributed by atoms with E-state index in [9.17, 15) is 0 Å². The predicted molar refractivity (Wildman–Crippen MR) is 47.1 cm³/mol. The Morgan fingerprint density at radius 2 is 2.00 bits per heavy atom. The summed E-state index contributed by atoms with van der Waals surface area (Å²) in [5, 5.41) is 0. The molecule has 0 aliphatic heterocycles. The number of hydrogen-bond acceptors (Lipinski definition) is 1. The molecule has 0 saturated heterocycles. The Balaban J connectivity index is 2.50. The Kier molecular flexibility index (Phi) is 3.26. The SMILES string of the molecule is CCO/C=C\c1ccccc1. The monoisotopic (exact) mass is 148 g/mol. The summed E-state index contributed by atoms with van der Waals surface area (Å²) in [5.74, 6) is 0. The minimum Gasteiger partial charge on any atom is -0.501 e. The fourth-order valence-electron chi connectivity index (χ4n) is 0.787. The molecule has 1 aromatic rings.